The maximum atomic E-state index is 12.9. The van der Waals surface area contributed by atoms with Crippen molar-refractivity contribution in [2.45, 2.75) is 19.9 Å². The molecule has 1 fully saturated rings. The molecule has 2 aliphatic heterocycles. The SMILES string of the molecule is CC1CCN(C(=O)c2nn(C)c3cc(NC4=NCc5cccnc54)ccc23)C1. The fraction of sp³-hybridized carbons (Fsp3) is 0.333. The molecule has 1 amide bonds. The van der Waals surface area contributed by atoms with Gasteiger partial charge in [0, 0.05) is 43.0 Å². The number of hydrogen-bond acceptors (Lipinski definition) is 5. The van der Waals surface area contributed by atoms with E-state index in [1.807, 2.05) is 42.3 Å². The van der Waals surface area contributed by atoms with E-state index in [1.54, 1.807) is 10.9 Å². The Morgan fingerprint density at radius 1 is 1.29 bits per heavy atom. The molecule has 5 rings (SSSR count). The molecule has 1 N–H and O–H groups in total. The van der Waals surface area contributed by atoms with Gasteiger partial charge in [0.1, 0.15) is 5.69 Å². The van der Waals surface area contributed by atoms with Crippen LogP contribution in [0.3, 0.4) is 0 Å². The van der Waals surface area contributed by atoms with E-state index in [4.69, 9.17) is 0 Å². The van der Waals surface area contributed by atoms with Gasteiger partial charge in [-0.15, -0.1) is 0 Å². The minimum atomic E-state index is 0.0222. The van der Waals surface area contributed by atoms with Gasteiger partial charge in [-0.2, -0.15) is 5.10 Å². The van der Waals surface area contributed by atoms with E-state index < -0.39 is 0 Å². The molecule has 28 heavy (non-hydrogen) atoms. The molecule has 3 aromatic rings. The topological polar surface area (TPSA) is 75.4 Å². The van der Waals surface area contributed by atoms with Crippen molar-refractivity contribution in [1.29, 1.82) is 0 Å². The van der Waals surface area contributed by atoms with Crippen molar-refractivity contribution in [3.05, 3.63) is 53.5 Å². The number of nitrogens with one attached hydrogen (secondary N) is 1. The quantitative estimate of drug-likeness (QED) is 0.748. The first kappa shape index (κ1) is 16.9. The largest absolute Gasteiger partial charge is 0.339 e. The van der Waals surface area contributed by atoms with Crippen LogP contribution in [0.2, 0.25) is 0 Å². The minimum absolute atomic E-state index is 0.0222. The summed E-state index contributed by atoms with van der Waals surface area (Å²) in [4.78, 5) is 23.8. The number of aryl methyl sites for hydroxylation is 1. The van der Waals surface area contributed by atoms with Gasteiger partial charge in [0.05, 0.1) is 12.1 Å². The summed E-state index contributed by atoms with van der Waals surface area (Å²) in [5.41, 5.74) is 4.37. The summed E-state index contributed by atoms with van der Waals surface area (Å²) in [6.45, 7) is 4.44. The van der Waals surface area contributed by atoms with Crippen LogP contribution in [-0.4, -0.2) is 44.5 Å². The lowest BCUT2D eigenvalue weighted by molar-refractivity contribution is 0.0783. The first-order valence-electron chi connectivity index (χ1n) is 9.62. The van der Waals surface area contributed by atoms with Crippen molar-refractivity contribution in [3.63, 3.8) is 0 Å². The zero-order valence-corrected chi connectivity index (χ0v) is 16.0. The molecule has 1 aromatic carbocycles. The number of amidine groups is 1. The van der Waals surface area contributed by atoms with Gasteiger partial charge in [-0.25, -0.2) is 0 Å². The summed E-state index contributed by atoms with van der Waals surface area (Å²) >= 11 is 0. The Morgan fingerprint density at radius 3 is 3.00 bits per heavy atom. The fourth-order valence-corrected chi connectivity index (χ4v) is 4.02. The second-order valence-electron chi connectivity index (χ2n) is 7.65. The van der Waals surface area contributed by atoms with Gasteiger partial charge in [-0.05, 0) is 36.6 Å². The second-order valence-corrected chi connectivity index (χ2v) is 7.65. The van der Waals surface area contributed by atoms with Crippen molar-refractivity contribution < 1.29 is 4.79 Å². The normalized spacial score (nSPS) is 18.4. The van der Waals surface area contributed by atoms with E-state index in [0.29, 0.717) is 18.2 Å². The highest BCUT2D eigenvalue weighted by Gasteiger charge is 2.27. The molecule has 0 spiro atoms. The third-order valence-electron chi connectivity index (χ3n) is 5.55. The van der Waals surface area contributed by atoms with Gasteiger partial charge in [-0.1, -0.05) is 13.0 Å². The van der Waals surface area contributed by atoms with Crippen LogP contribution in [0.1, 0.15) is 35.1 Å². The molecule has 2 aliphatic rings. The lowest BCUT2D eigenvalue weighted by atomic mass is 10.1. The fourth-order valence-electron chi connectivity index (χ4n) is 4.02. The number of nitrogens with zero attached hydrogens (tertiary/aromatic N) is 5. The molecule has 1 atom stereocenters. The summed E-state index contributed by atoms with van der Waals surface area (Å²) < 4.78 is 1.77. The maximum absolute atomic E-state index is 12.9. The molecular weight excluding hydrogens is 352 g/mol. The number of carbonyl (C=O) groups is 1. The zero-order valence-electron chi connectivity index (χ0n) is 16.0. The van der Waals surface area contributed by atoms with Crippen LogP contribution in [0, 0.1) is 5.92 Å². The number of rotatable bonds is 2. The number of benzene rings is 1. The van der Waals surface area contributed by atoms with E-state index in [-0.39, 0.29) is 5.91 Å². The van der Waals surface area contributed by atoms with Crippen LogP contribution >= 0.6 is 0 Å². The van der Waals surface area contributed by atoms with Crippen LogP contribution in [0.4, 0.5) is 5.69 Å². The van der Waals surface area contributed by atoms with Gasteiger partial charge in [0.25, 0.3) is 5.91 Å². The van der Waals surface area contributed by atoms with E-state index >= 15 is 0 Å². The number of anilines is 1. The highest BCUT2D eigenvalue weighted by molar-refractivity contribution is 6.11. The van der Waals surface area contributed by atoms with Gasteiger partial charge in [0.15, 0.2) is 11.5 Å². The second kappa shape index (κ2) is 6.44. The predicted octanol–water partition coefficient (Wildman–Crippen LogP) is 2.82. The van der Waals surface area contributed by atoms with Crippen molar-refractivity contribution in [3.8, 4) is 0 Å². The van der Waals surface area contributed by atoms with Crippen LogP contribution < -0.4 is 5.32 Å². The molecule has 2 aromatic heterocycles. The molecule has 0 radical (unpaired) electrons. The van der Waals surface area contributed by atoms with Crippen LogP contribution in [-0.2, 0) is 13.6 Å². The third-order valence-corrected chi connectivity index (χ3v) is 5.55. The third kappa shape index (κ3) is 2.74. The van der Waals surface area contributed by atoms with Gasteiger partial charge < -0.3 is 10.2 Å². The highest BCUT2D eigenvalue weighted by atomic mass is 16.2. The first-order chi connectivity index (χ1) is 13.6. The van der Waals surface area contributed by atoms with Gasteiger partial charge in [-0.3, -0.25) is 19.5 Å². The smallest absolute Gasteiger partial charge is 0.275 e. The minimum Gasteiger partial charge on any atom is -0.339 e. The Morgan fingerprint density at radius 2 is 2.18 bits per heavy atom. The number of likely N-dealkylation sites (tertiary alicyclic amines) is 1. The van der Waals surface area contributed by atoms with Crippen LogP contribution in [0.25, 0.3) is 10.9 Å². The standard InChI is InChI=1S/C21H22N6O/c1-13-7-9-27(12-13)21(28)19-16-6-5-15(10-17(16)26(2)25-19)24-20-18-14(11-23-20)4-3-8-22-18/h3-6,8,10,13H,7,9,11-12H2,1-2H3,(H,23,24). The molecule has 7 heteroatoms. The Kier molecular flexibility index (Phi) is 3.89. The van der Waals surface area contributed by atoms with Crippen molar-refractivity contribution in [2.75, 3.05) is 18.4 Å². The molecule has 1 unspecified atom stereocenters. The molecule has 4 heterocycles. The molecule has 0 saturated carbocycles. The number of hydrogen-bond donors (Lipinski definition) is 1. The average Bonchev–Trinajstić information content (AvgIpc) is 3.40. The van der Waals surface area contributed by atoms with E-state index in [0.717, 1.165) is 53.2 Å². The number of fused-ring (bicyclic) bond motifs is 2. The average molecular weight is 374 g/mol. The summed E-state index contributed by atoms with van der Waals surface area (Å²) in [6, 6.07) is 9.92. The van der Waals surface area contributed by atoms with E-state index in [1.165, 1.54) is 0 Å². The van der Waals surface area contributed by atoms with Gasteiger partial charge >= 0.3 is 0 Å². The number of aliphatic imine (C=N–C) groups is 1. The summed E-state index contributed by atoms with van der Waals surface area (Å²) in [5, 5.41) is 8.77. The lowest BCUT2D eigenvalue weighted by Gasteiger charge is -2.14. The van der Waals surface area contributed by atoms with Crippen molar-refractivity contribution >= 4 is 28.3 Å². The summed E-state index contributed by atoms with van der Waals surface area (Å²) in [5.74, 6) is 1.35. The first-order valence-corrected chi connectivity index (χ1v) is 9.62. The Bertz CT molecular complexity index is 1120. The van der Waals surface area contributed by atoms with Crippen molar-refractivity contribution in [1.82, 2.24) is 19.7 Å². The summed E-state index contributed by atoms with van der Waals surface area (Å²) in [7, 11) is 1.87. The lowest BCUT2D eigenvalue weighted by Crippen LogP contribution is -2.29. The number of pyridine rings is 1. The van der Waals surface area contributed by atoms with Crippen LogP contribution in [0.5, 0.6) is 0 Å². The van der Waals surface area contributed by atoms with Crippen LogP contribution in [0.15, 0.2) is 41.5 Å². The molecular formula is C21H22N6O. The number of carbonyl (C=O) groups excluding carboxylic acids is 1. The highest BCUT2D eigenvalue weighted by Crippen LogP contribution is 2.26. The number of aromatic nitrogens is 3. The molecule has 142 valence electrons. The Labute approximate surface area is 163 Å². The van der Waals surface area contributed by atoms with E-state index in [9.17, 15) is 4.79 Å². The molecule has 0 bridgehead atoms. The monoisotopic (exact) mass is 374 g/mol. The Hall–Kier alpha value is -3.22. The zero-order chi connectivity index (χ0) is 19.3. The Balaban J connectivity index is 1.45. The van der Waals surface area contributed by atoms with E-state index in [2.05, 4.69) is 27.3 Å². The van der Waals surface area contributed by atoms with Crippen molar-refractivity contribution in [2.24, 2.45) is 18.0 Å². The number of amides is 1. The molecule has 0 aliphatic carbocycles. The summed E-state index contributed by atoms with van der Waals surface area (Å²) in [6.07, 6.45) is 2.84. The molecule has 7 nitrogen and oxygen atoms in total. The predicted molar refractivity (Wildman–Crippen MR) is 108 cm³/mol. The van der Waals surface area contributed by atoms with Gasteiger partial charge in [0.2, 0.25) is 0 Å². The molecule has 1 saturated heterocycles. The maximum Gasteiger partial charge on any atom is 0.275 e.